The van der Waals surface area contributed by atoms with E-state index in [1.807, 2.05) is 31.4 Å². The second-order valence-corrected chi connectivity index (χ2v) is 4.02. The molecule has 4 heteroatoms. The quantitative estimate of drug-likeness (QED) is 0.689. The third-order valence-corrected chi connectivity index (χ3v) is 2.85. The lowest BCUT2D eigenvalue weighted by Crippen LogP contribution is -1.96. The Morgan fingerprint density at radius 2 is 2.00 bits per heavy atom. The Morgan fingerprint density at radius 3 is 2.76 bits per heavy atom. The molecular formula is C13H12N4. The number of nitrogens with zero attached hydrogens (tertiary/aromatic N) is 3. The standard InChI is InChI=1S/C13H12N4/c1-17-13(14)7-12(16-17)10-3-2-9-4-5-15-8-11(9)6-10/h2-8H,14H2,1H3. The summed E-state index contributed by atoms with van der Waals surface area (Å²) in [4.78, 5) is 4.12. The highest BCUT2D eigenvalue weighted by molar-refractivity contribution is 5.86. The fourth-order valence-corrected chi connectivity index (χ4v) is 1.87. The number of nitrogen functional groups attached to an aromatic ring is 1. The van der Waals surface area contributed by atoms with Crippen molar-refractivity contribution in [3.63, 3.8) is 0 Å². The first-order valence-electron chi connectivity index (χ1n) is 5.38. The minimum absolute atomic E-state index is 0.659. The highest BCUT2D eigenvalue weighted by Gasteiger charge is 2.05. The molecule has 0 aliphatic heterocycles. The SMILES string of the molecule is Cn1nc(-c2ccc3ccncc3c2)cc1N. The van der Waals surface area contributed by atoms with Crippen LogP contribution in [0.2, 0.25) is 0 Å². The van der Waals surface area contributed by atoms with Gasteiger partial charge in [0.2, 0.25) is 0 Å². The van der Waals surface area contributed by atoms with Crippen molar-refractivity contribution >= 4 is 16.6 Å². The zero-order valence-electron chi connectivity index (χ0n) is 9.46. The van der Waals surface area contributed by atoms with Crippen LogP contribution >= 0.6 is 0 Å². The summed E-state index contributed by atoms with van der Waals surface area (Å²) in [5.41, 5.74) is 7.72. The average Bonchev–Trinajstić information content (AvgIpc) is 2.69. The second-order valence-electron chi connectivity index (χ2n) is 4.02. The summed E-state index contributed by atoms with van der Waals surface area (Å²) in [7, 11) is 1.83. The van der Waals surface area contributed by atoms with Crippen molar-refractivity contribution in [1.29, 1.82) is 0 Å². The Bertz CT molecular complexity index is 665. The fraction of sp³-hybridized carbons (Fsp3) is 0.0769. The number of rotatable bonds is 1. The Labute approximate surface area is 98.7 Å². The maximum Gasteiger partial charge on any atom is 0.121 e. The number of nitrogens with two attached hydrogens (primary N) is 1. The van der Waals surface area contributed by atoms with E-state index in [0.29, 0.717) is 5.82 Å². The molecule has 1 aromatic carbocycles. The van der Waals surface area contributed by atoms with Gasteiger partial charge in [-0.15, -0.1) is 0 Å². The zero-order chi connectivity index (χ0) is 11.8. The molecule has 2 heterocycles. The van der Waals surface area contributed by atoms with E-state index in [2.05, 4.69) is 22.2 Å². The van der Waals surface area contributed by atoms with Gasteiger partial charge in [0.1, 0.15) is 5.82 Å². The van der Waals surface area contributed by atoms with Crippen molar-refractivity contribution in [2.45, 2.75) is 0 Å². The largest absolute Gasteiger partial charge is 0.384 e. The number of hydrogen-bond donors (Lipinski definition) is 1. The summed E-state index contributed by atoms with van der Waals surface area (Å²) in [6.45, 7) is 0. The third kappa shape index (κ3) is 1.63. The van der Waals surface area contributed by atoms with E-state index in [1.54, 1.807) is 10.9 Å². The number of aryl methyl sites for hydroxylation is 1. The van der Waals surface area contributed by atoms with Crippen LogP contribution in [-0.2, 0) is 7.05 Å². The van der Waals surface area contributed by atoms with Gasteiger partial charge < -0.3 is 5.73 Å². The highest BCUT2D eigenvalue weighted by atomic mass is 15.3. The minimum Gasteiger partial charge on any atom is -0.384 e. The van der Waals surface area contributed by atoms with E-state index < -0.39 is 0 Å². The lowest BCUT2D eigenvalue weighted by Gasteiger charge is -2.00. The highest BCUT2D eigenvalue weighted by Crippen LogP contribution is 2.23. The molecule has 0 saturated heterocycles. The molecule has 84 valence electrons. The maximum atomic E-state index is 5.78. The smallest absolute Gasteiger partial charge is 0.121 e. The normalized spacial score (nSPS) is 10.9. The van der Waals surface area contributed by atoms with E-state index in [4.69, 9.17) is 5.73 Å². The first-order chi connectivity index (χ1) is 8.24. The number of fused-ring (bicyclic) bond motifs is 1. The van der Waals surface area contributed by atoms with Crippen LogP contribution in [0.4, 0.5) is 5.82 Å². The van der Waals surface area contributed by atoms with Gasteiger partial charge in [-0.2, -0.15) is 5.10 Å². The van der Waals surface area contributed by atoms with E-state index in [0.717, 1.165) is 16.6 Å². The van der Waals surface area contributed by atoms with Crippen LogP contribution in [0.1, 0.15) is 0 Å². The molecule has 0 aliphatic rings. The predicted molar refractivity (Wildman–Crippen MR) is 68.4 cm³/mol. The van der Waals surface area contributed by atoms with Gasteiger partial charge in [-0.05, 0) is 17.5 Å². The maximum absolute atomic E-state index is 5.78. The zero-order valence-corrected chi connectivity index (χ0v) is 9.46. The molecule has 3 rings (SSSR count). The van der Waals surface area contributed by atoms with Gasteiger partial charge in [-0.3, -0.25) is 9.67 Å². The Kier molecular flexibility index (Phi) is 2.08. The molecule has 0 atom stereocenters. The molecule has 0 aliphatic carbocycles. The van der Waals surface area contributed by atoms with Crippen molar-refractivity contribution < 1.29 is 0 Å². The van der Waals surface area contributed by atoms with Crippen LogP contribution in [0.5, 0.6) is 0 Å². The van der Waals surface area contributed by atoms with Gasteiger partial charge in [0, 0.05) is 36.5 Å². The predicted octanol–water partition coefficient (Wildman–Crippen LogP) is 2.22. The molecule has 3 aromatic rings. The van der Waals surface area contributed by atoms with Gasteiger partial charge in [-0.25, -0.2) is 0 Å². The molecule has 0 radical (unpaired) electrons. The van der Waals surface area contributed by atoms with Crippen LogP contribution in [-0.4, -0.2) is 14.8 Å². The number of hydrogen-bond acceptors (Lipinski definition) is 3. The van der Waals surface area contributed by atoms with Gasteiger partial charge in [-0.1, -0.05) is 12.1 Å². The summed E-state index contributed by atoms with van der Waals surface area (Å²) in [6.07, 6.45) is 3.64. The van der Waals surface area contributed by atoms with E-state index >= 15 is 0 Å². The number of pyridine rings is 1. The minimum atomic E-state index is 0.659. The molecule has 4 nitrogen and oxygen atoms in total. The summed E-state index contributed by atoms with van der Waals surface area (Å²) < 4.78 is 1.67. The van der Waals surface area contributed by atoms with E-state index in [9.17, 15) is 0 Å². The Balaban J connectivity index is 2.17. The molecule has 0 bridgehead atoms. The Hall–Kier alpha value is -2.36. The van der Waals surface area contributed by atoms with E-state index in [1.165, 1.54) is 5.39 Å². The van der Waals surface area contributed by atoms with Gasteiger partial charge in [0.05, 0.1) is 5.69 Å². The molecule has 0 spiro atoms. The van der Waals surface area contributed by atoms with Crippen LogP contribution < -0.4 is 5.73 Å². The van der Waals surface area contributed by atoms with Gasteiger partial charge in [0.15, 0.2) is 0 Å². The molecule has 17 heavy (non-hydrogen) atoms. The van der Waals surface area contributed by atoms with Crippen LogP contribution in [0.3, 0.4) is 0 Å². The molecular weight excluding hydrogens is 212 g/mol. The molecule has 0 saturated carbocycles. The first-order valence-corrected chi connectivity index (χ1v) is 5.38. The second kappa shape index (κ2) is 3.59. The lowest BCUT2D eigenvalue weighted by atomic mass is 10.1. The van der Waals surface area contributed by atoms with E-state index in [-0.39, 0.29) is 0 Å². The summed E-state index contributed by atoms with van der Waals surface area (Å²) >= 11 is 0. The number of anilines is 1. The van der Waals surface area contributed by atoms with Crippen molar-refractivity contribution in [3.05, 3.63) is 42.7 Å². The van der Waals surface area contributed by atoms with Crippen molar-refractivity contribution in [3.8, 4) is 11.3 Å². The third-order valence-electron chi connectivity index (χ3n) is 2.85. The topological polar surface area (TPSA) is 56.7 Å². The summed E-state index contributed by atoms with van der Waals surface area (Å²) in [5.74, 6) is 0.659. The van der Waals surface area contributed by atoms with Crippen molar-refractivity contribution in [2.75, 3.05) is 5.73 Å². The van der Waals surface area contributed by atoms with Gasteiger partial charge in [0.25, 0.3) is 0 Å². The van der Waals surface area contributed by atoms with Crippen molar-refractivity contribution in [2.24, 2.45) is 7.05 Å². The fourth-order valence-electron chi connectivity index (χ4n) is 1.87. The average molecular weight is 224 g/mol. The van der Waals surface area contributed by atoms with Gasteiger partial charge >= 0.3 is 0 Å². The van der Waals surface area contributed by atoms with Crippen molar-refractivity contribution in [1.82, 2.24) is 14.8 Å². The monoisotopic (exact) mass is 224 g/mol. The first kappa shape index (κ1) is 9.84. The summed E-state index contributed by atoms with van der Waals surface area (Å²) in [5, 5.41) is 6.64. The summed E-state index contributed by atoms with van der Waals surface area (Å²) in [6, 6.07) is 10.1. The molecule has 0 amide bonds. The molecule has 2 aromatic heterocycles. The van der Waals surface area contributed by atoms with Crippen LogP contribution in [0.15, 0.2) is 42.7 Å². The number of aromatic nitrogens is 3. The lowest BCUT2D eigenvalue weighted by molar-refractivity contribution is 0.782. The molecule has 2 N–H and O–H groups in total. The Morgan fingerprint density at radius 1 is 1.12 bits per heavy atom. The van der Waals surface area contributed by atoms with Crippen LogP contribution in [0.25, 0.3) is 22.0 Å². The molecule has 0 fully saturated rings. The van der Waals surface area contributed by atoms with Crippen LogP contribution in [0, 0.1) is 0 Å². The number of benzene rings is 1. The molecule has 0 unspecified atom stereocenters.